The Bertz CT molecular complexity index is 561. The number of hydrogen-bond acceptors (Lipinski definition) is 4. The molecule has 2 aromatic rings. The maximum absolute atomic E-state index is 10.4. The summed E-state index contributed by atoms with van der Waals surface area (Å²) >= 11 is 5.98. The van der Waals surface area contributed by atoms with E-state index in [2.05, 4.69) is 10.3 Å². The molecule has 0 spiro atoms. The van der Waals surface area contributed by atoms with Gasteiger partial charge in [0.25, 0.3) is 0 Å². The average Bonchev–Trinajstić information content (AvgIpc) is 2.39. The van der Waals surface area contributed by atoms with Gasteiger partial charge in [-0.15, -0.1) is 0 Å². The van der Waals surface area contributed by atoms with E-state index in [-0.39, 0.29) is 0 Å². The molecule has 0 fully saturated rings. The molecule has 1 aromatic carbocycles. The molecule has 0 bridgehead atoms. The van der Waals surface area contributed by atoms with E-state index in [0.717, 1.165) is 5.39 Å². The van der Waals surface area contributed by atoms with Crippen LogP contribution in [0.25, 0.3) is 10.9 Å². The van der Waals surface area contributed by atoms with Crippen LogP contribution in [0.5, 0.6) is 5.75 Å². The minimum atomic E-state index is -1.03. The van der Waals surface area contributed by atoms with Gasteiger partial charge in [-0.05, 0) is 38.4 Å². The van der Waals surface area contributed by atoms with E-state index in [9.17, 15) is 4.79 Å². The van der Waals surface area contributed by atoms with Crippen LogP contribution in [-0.2, 0) is 4.79 Å². The fourth-order valence-corrected chi connectivity index (χ4v) is 1.58. The standard InChI is InChI=1S/C11H8ClNO3.C2H7N/c12-8-3-4-9(16-6-10(14)15)11-7(8)2-1-5-13-11;1-3-2/h1-5H,6H2,(H,14,15);3H,1-2H3. The van der Waals surface area contributed by atoms with Crippen molar-refractivity contribution in [3.63, 3.8) is 0 Å². The molecular formula is C13H15ClN2O3. The van der Waals surface area contributed by atoms with Crippen molar-refractivity contribution >= 4 is 28.5 Å². The molecule has 0 atom stereocenters. The quantitative estimate of drug-likeness (QED) is 0.903. The van der Waals surface area contributed by atoms with Gasteiger partial charge in [0.2, 0.25) is 0 Å². The van der Waals surface area contributed by atoms with E-state index in [1.165, 1.54) is 0 Å². The molecule has 1 heterocycles. The normalized spacial score (nSPS) is 9.63. The van der Waals surface area contributed by atoms with Crippen molar-refractivity contribution in [2.75, 3.05) is 20.7 Å². The van der Waals surface area contributed by atoms with E-state index in [0.29, 0.717) is 16.3 Å². The number of halogens is 1. The number of carboxylic acid groups (broad SMARTS) is 1. The number of carbonyl (C=O) groups is 1. The number of ether oxygens (including phenoxy) is 1. The maximum Gasteiger partial charge on any atom is 0.341 e. The van der Waals surface area contributed by atoms with Crippen molar-refractivity contribution in [1.82, 2.24) is 10.3 Å². The summed E-state index contributed by atoms with van der Waals surface area (Å²) in [6.07, 6.45) is 1.60. The molecular weight excluding hydrogens is 268 g/mol. The second-order valence-electron chi connectivity index (χ2n) is 3.63. The van der Waals surface area contributed by atoms with E-state index < -0.39 is 12.6 Å². The number of carboxylic acids is 1. The van der Waals surface area contributed by atoms with Crippen molar-refractivity contribution < 1.29 is 14.6 Å². The zero-order chi connectivity index (χ0) is 14.3. The third-order valence-electron chi connectivity index (χ3n) is 2.03. The second-order valence-corrected chi connectivity index (χ2v) is 4.03. The lowest BCUT2D eigenvalue weighted by molar-refractivity contribution is -0.139. The fourth-order valence-electron chi connectivity index (χ4n) is 1.37. The number of benzene rings is 1. The van der Waals surface area contributed by atoms with Crippen LogP contribution < -0.4 is 10.1 Å². The molecule has 0 saturated carbocycles. The van der Waals surface area contributed by atoms with Crippen LogP contribution in [0, 0.1) is 0 Å². The molecule has 2 rings (SSSR count). The zero-order valence-corrected chi connectivity index (χ0v) is 11.4. The van der Waals surface area contributed by atoms with Gasteiger partial charge in [-0.2, -0.15) is 0 Å². The van der Waals surface area contributed by atoms with Gasteiger partial charge >= 0.3 is 5.97 Å². The van der Waals surface area contributed by atoms with Gasteiger partial charge in [-0.25, -0.2) is 4.79 Å². The number of nitrogens with zero attached hydrogens (tertiary/aromatic N) is 1. The molecule has 19 heavy (non-hydrogen) atoms. The van der Waals surface area contributed by atoms with Crippen molar-refractivity contribution in [1.29, 1.82) is 0 Å². The number of pyridine rings is 1. The SMILES string of the molecule is CNC.O=C(O)COc1ccc(Cl)c2cccnc12. The highest BCUT2D eigenvalue weighted by molar-refractivity contribution is 6.35. The van der Waals surface area contributed by atoms with Crippen LogP contribution in [0.1, 0.15) is 0 Å². The Morgan fingerprint density at radius 3 is 2.74 bits per heavy atom. The van der Waals surface area contributed by atoms with Crippen LogP contribution in [0.2, 0.25) is 5.02 Å². The number of aromatic nitrogens is 1. The molecule has 0 saturated heterocycles. The predicted octanol–water partition coefficient (Wildman–Crippen LogP) is 2.19. The third-order valence-corrected chi connectivity index (χ3v) is 2.36. The summed E-state index contributed by atoms with van der Waals surface area (Å²) in [5, 5.41) is 12.6. The number of hydrogen-bond donors (Lipinski definition) is 2. The highest BCUT2D eigenvalue weighted by Gasteiger charge is 2.07. The Morgan fingerprint density at radius 2 is 2.11 bits per heavy atom. The van der Waals surface area contributed by atoms with Crippen molar-refractivity contribution in [3.8, 4) is 5.75 Å². The second kappa shape index (κ2) is 7.56. The van der Waals surface area contributed by atoms with Gasteiger partial charge in [-0.1, -0.05) is 11.6 Å². The summed E-state index contributed by atoms with van der Waals surface area (Å²) in [5.41, 5.74) is 0.566. The molecule has 0 amide bonds. The Morgan fingerprint density at radius 1 is 1.42 bits per heavy atom. The van der Waals surface area contributed by atoms with E-state index in [1.54, 1.807) is 30.5 Å². The number of aliphatic carboxylic acids is 1. The van der Waals surface area contributed by atoms with Crippen molar-refractivity contribution in [2.24, 2.45) is 0 Å². The lowest BCUT2D eigenvalue weighted by Gasteiger charge is -2.07. The lowest BCUT2D eigenvalue weighted by Crippen LogP contribution is -2.09. The lowest BCUT2D eigenvalue weighted by atomic mass is 10.2. The van der Waals surface area contributed by atoms with Gasteiger partial charge in [0, 0.05) is 11.6 Å². The first kappa shape index (κ1) is 15.2. The van der Waals surface area contributed by atoms with Crippen LogP contribution >= 0.6 is 11.6 Å². The highest BCUT2D eigenvalue weighted by atomic mass is 35.5. The minimum Gasteiger partial charge on any atom is -0.480 e. The Kier molecular flexibility index (Phi) is 6.05. The van der Waals surface area contributed by atoms with Crippen LogP contribution in [0.3, 0.4) is 0 Å². The van der Waals surface area contributed by atoms with Crippen molar-refractivity contribution in [2.45, 2.75) is 0 Å². The molecule has 1 aromatic heterocycles. The average molecular weight is 283 g/mol. The van der Waals surface area contributed by atoms with Crippen LogP contribution in [-0.4, -0.2) is 36.8 Å². The summed E-state index contributed by atoms with van der Waals surface area (Å²) in [4.78, 5) is 14.5. The topological polar surface area (TPSA) is 71.5 Å². The number of rotatable bonds is 3. The fraction of sp³-hybridized carbons (Fsp3) is 0.231. The monoisotopic (exact) mass is 282 g/mol. The molecule has 102 valence electrons. The summed E-state index contributed by atoms with van der Waals surface area (Å²) in [6, 6.07) is 6.83. The molecule has 0 aliphatic carbocycles. The molecule has 5 nitrogen and oxygen atoms in total. The largest absolute Gasteiger partial charge is 0.480 e. The Labute approximate surface area is 116 Å². The molecule has 2 N–H and O–H groups in total. The smallest absolute Gasteiger partial charge is 0.341 e. The first-order valence-corrected chi connectivity index (χ1v) is 5.94. The summed E-state index contributed by atoms with van der Waals surface area (Å²) in [7, 11) is 3.75. The summed E-state index contributed by atoms with van der Waals surface area (Å²) in [6.45, 7) is -0.396. The van der Waals surface area contributed by atoms with Gasteiger partial charge in [0.15, 0.2) is 6.61 Å². The van der Waals surface area contributed by atoms with Gasteiger partial charge < -0.3 is 15.2 Å². The van der Waals surface area contributed by atoms with Gasteiger partial charge in [-0.3, -0.25) is 4.98 Å². The molecule has 0 aliphatic rings. The van der Waals surface area contributed by atoms with Crippen LogP contribution in [0.15, 0.2) is 30.5 Å². The highest BCUT2D eigenvalue weighted by Crippen LogP contribution is 2.29. The maximum atomic E-state index is 10.4. The first-order valence-electron chi connectivity index (χ1n) is 5.56. The third kappa shape index (κ3) is 4.39. The first-order chi connectivity index (χ1) is 9.10. The van der Waals surface area contributed by atoms with Gasteiger partial charge in [0.05, 0.1) is 5.02 Å². The minimum absolute atomic E-state index is 0.396. The molecule has 0 unspecified atom stereocenters. The van der Waals surface area contributed by atoms with E-state index in [4.69, 9.17) is 21.4 Å². The number of nitrogens with one attached hydrogen (secondary N) is 1. The predicted molar refractivity (Wildman–Crippen MR) is 74.9 cm³/mol. The zero-order valence-electron chi connectivity index (χ0n) is 10.7. The van der Waals surface area contributed by atoms with Gasteiger partial charge in [0.1, 0.15) is 11.3 Å². The Hall–Kier alpha value is -1.85. The van der Waals surface area contributed by atoms with Crippen molar-refractivity contribution in [3.05, 3.63) is 35.5 Å². The summed E-state index contributed by atoms with van der Waals surface area (Å²) in [5.74, 6) is -0.610. The molecule has 0 radical (unpaired) electrons. The molecule has 6 heteroatoms. The molecule has 0 aliphatic heterocycles. The number of fused-ring (bicyclic) bond motifs is 1. The van der Waals surface area contributed by atoms with Crippen LogP contribution in [0.4, 0.5) is 0 Å². The van der Waals surface area contributed by atoms with E-state index >= 15 is 0 Å². The summed E-state index contributed by atoms with van der Waals surface area (Å²) < 4.78 is 5.12. The Balaban J connectivity index is 0.000000550. The van der Waals surface area contributed by atoms with E-state index in [1.807, 2.05) is 14.1 Å².